The molecule has 0 bridgehead atoms. The van der Waals surface area contributed by atoms with Crippen molar-refractivity contribution < 1.29 is 9.47 Å². The Labute approximate surface area is 180 Å². The van der Waals surface area contributed by atoms with Gasteiger partial charge >= 0.3 is 0 Å². The van der Waals surface area contributed by atoms with E-state index in [-0.39, 0.29) is 6.10 Å². The lowest BCUT2D eigenvalue weighted by Gasteiger charge is -2.13. The van der Waals surface area contributed by atoms with Gasteiger partial charge in [0.25, 0.3) is 0 Å². The van der Waals surface area contributed by atoms with Crippen LogP contribution in [0, 0.1) is 0 Å². The van der Waals surface area contributed by atoms with Crippen LogP contribution >= 0.6 is 24.0 Å². The van der Waals surface area contributed by atoms with E-state index in [2.05, 4.69) is 31.9 Å². The van der Waals surface area contributed by atoms with Crippen LogP contribution in [0.3, 0.4) is 0 Å². The third kappa shape index (κ3) is 6.66. The van der Waals surface area contributed by atoms with Crippen LogP contribution in [0.5, 0.6) is 5.75 Å². The summed E-state index contributed by atoms with van der Waals surface area (Å²) >= 11 is 6.86. The van der Waals surface area contributed by atoms with Crippen molar-refractivity contribution in [2.24, 2.45) is 5.10 Å². The summed E-state index contributed by atoms with van der Waals surface area (Å²) in [6.45, 7) is 3.47. The molecule has 3 rings (SSSR count). The normalized spacial score (nSPS) is 16.5. The lowest BCUT2D eigenvalue weighted by Crippen LogP contribution is -2.37. The Balaban J connectivity index is 1.59. The number of rotatable bonds is 8. The minimum Gasteiger partial charge on any atom is -0.496 e. The van der Waals surface area contributed by atoms with Gasteiger partial charge in [0, 0.05) is 36.9 Å². The highest BCUT2D eigenvalue weighted by Gasteiger charge is 2.15. The predicted octanol–water partition coefficient (Wildman–Crippen LogP) is 3.14. The lowest BCUT2D eigenvalue weighted by molar-refractivity contribution is 0.114. The highest BCUT2D eigenvalue weighted by Crippen LogP contribution is 2.27. The van der Waals surface area contributed by atoms with Crippen LogP contribution in [0.25, 0.3) is 0 Å². The number of hydrazone groups is 1. The smallest absolute Gasteiger partial charge is 0.187 e. The van der Waals surface area contributed by atoms with Crippen LogP contribution in [-0.2, 0) is 10.5 Å². The van der Waals surface area contributed by atoms with Crippen molar-refractivity contribution in [3.05, 3.63) is 47.8 Å². The molecule has 0 aliphatic carbocycles. The highest BCUT2D eigenvalue weighted by molar-refractivity contribution is 7.98. The first-order chi connectivity index (χ1) is 14.2. The fourth-order valence-electron chi connectivity index (χ4n) is 2.87. The topological polar surface area (TPSA) is 80.7 Å². The number of thiocarbonyl (C=S) groups is 1. The standard InChI is InChI=1S/C20H25N5O2S2/c1-14(24-25-19(28)23-12-17-5-3-10-27-17)15-6-7-18(26-2)16(11-15)13-29-20-21-8-4-9-22-20/h4,6-9,11,17H,3,5,10,12-13H2,1-2H3,(H2,23,25,28)/b24-14-/t17-/m1/s1. The average Bonchev–Trinajstić information content (AvgIpc) is 3.28. The molecule has 1 aliphatic heterocycles. The molecule has 1 saturated heterocycles. The summed E-state index contributed by atoms with van der Waals surface area (Å²) in [5.74, 6) is 1.52. The number of nitrogens with one attached hydrogen (secondary N) is 2. The molecule has 1 fully saturated rings. The summed E-state index contributed by atoms with van der Waals surface area (Å²) in [4.78, 5) is 8.50. The first-order valence-corrected chi connectivity index (χ1v) is 10.8. The molecular formula is C20H25N5O2S2. The van der Waals surface area contributed by atoms with E-state index in [9.17, 15) is 0 Å². The van der Waals surface area contributed by atoms with Gasteiger partial charge in [0.1, 0.15) is 5.75 Å². The van der Waals surface area contributed by atoms with Crippen LogP contribution in [-0.4, -0.2) is 47.2 Å². The van der Waals surface area contributed by atoms with Crippen LogP contribution in [0.2, 0.25) is 0 Å². The average molecular weight is 432 g/mol. The maximum absolute atomic E-state index is 5.58. The van der Waals surface area contributed by atoms with Crippen LogP contribution in [0.15, 0.2) is 46.9 Å². The predicted molar refractivity (Wildman–Crippen MR) is 120 cm³/mol. The van der Waals surface area contributed by atoms with E-state index in [0.717, 1.165) is 47.2 Å². The van der Waals surface area contributed by atoms with Gasteiger partial charge in [0.05, 0.1) is 18.9 Å². The molecule has 2 heterocycles. The van der Waals surface area contributed by atoms with Gasteiger partial charge in [-0.1, -0.05) is 11.8 Å². The van der Waals surface area contributed by atoms with Crippen molar-refractivity contribution in [2.45, 2.75) is 36.8 Å². The number of hydrogen-bond acceptors (Lipinski definition) is 7. The molecule has 0 spiro atoms. The van der Waals surface area contributed by atoms with Crippen molar-refractivity contribution in [1.82, 2.24) is 20.7 Å². The maximum atomic E-state index is 5.58. The SMILES string of the molecule is COc1ccc(/C(C)=N\NC(=S)NC[C@H]2CCCO2)cc1CSc1ncccn1. The summed E-state index contributed by atoms with van der Waals surface area (Å²) in [6.07, 6.45) is 5.88. The number of nitrogens with zero attached hydrogens (tertiary/aromatic N) is 3. The Bertz CT molecular complexity index is 842. The number of thioether (sulfide) groups is 1. The Hall–Kier alpha value is -2.23. The van der Waals surface area contributed by atoms with Gasteiger partial charge < -0.3 is 14.8 Å². The fraction of sp³-hybridized carbons (Fsp3) is 0.400. The first kappa shape index (κ1) is 21.5. The largest absolute Gasteiger partial charge is 0.496 e. The molecule has 9 heteroatoms. The number of methoxy groups -OCH3 is 1. The van der Waals surface area contributed by atoms with E-state index >= 15 is 0 Å². The van der Waals surface area contributed by atoms with Crippen LogP contribution in [0.4, 0.5) is 0 Å². The third-order valence-electron chi connectivity index (χ3n) is 4.44. The Morgan fingerprint density at radius 3 is 2.93 bits per heavy atom. The van der Waals surface area contributed by atoms with Gasteiger partial charge in [0.15, 0.2) is 10.3 Å². The Morgan fingerprint density at radius 2 is 2.21 bits per heavy atom. The minimum absolute atomic E-state index is 0.232. The van der Waals surface area contributed by atoms with E-state index < -0.39 is 0 Å². The van der Waals surface area contributed by atoms with E-state index in [1.807, 2.05) is 19.1 Å². The van der Waals surface area contributed by atoms with Gasteiger partial charge in [-0.2, -0.15) is 5.10 Å². The molecule has 154 valence electrons. The molecule has 2 aromatic rings. The lowest BCUT2D eigenvalue weighted by atomic mass is 10.1. The maximum Gasteiger partial charge on any atom is 0.187 e. The molecule has 1 aromatic heterocycles. The molecule has 0 saturated carbocycles. The molecule has 29 heavy (non-hydrogen) atoms. The van der Waals surface area contributed by atoms with Gasteiger partial charge in [-0.15, -0.1) is 0 Å². The molecule has 0 unspecified atom stereocenters. The molecule has 1 aliphatic rings. The van der Waals surface area contributed by atoms with Crippen molar-refractivity contribution >= 4 is 34.8 Å². The molecule has 1 aromatic carbocycles. The molecule has 2 N–H and O–H groups in total. The zero-order chi connectivity index (χ0) is 20.5. The van der Waals surface area contributed by atoms with Crippen molar-refractivity contribution in [3.63, 3.8) is 0 Å². The van der Waals surface area contributed by atoms with Crippen molar-refractivity contribution in [2.75, 3.05) is 20.3 Å². The number of hydrogen-bond donors (Lipinski definition) is 2. The summed E-state index contributed by atoms with van der Waals surface area (Å²) in [6, 6.07) is 7.80. The molecule has 0 radical (unpaired) electrons. The quantitative estimate of drug-likeness (QED) is 0.217. The van der Waals surface area contributed by atoms with Crippen LogP contribution in [0.1, 0.15) is 30.9 Å². The van der Waals surface area contributed by atoms with Gasteiger partial charge in [0.2, 0.25) is 0 Å². The second-order valence-electron chi connectivity index (χ2n) is 6.50. The fourth-order valence-corrected chi connectivity index (χ4v) is 3.78. The van der Waals surface area contributed by atoms with E-state index in [1.165, 1.54) is 0 Å². The number of ether oxygens (including phenoxy) is 2. The van der Waals surface area contributed by atoms with Crippen molar-refractivity contribution in [1.29, 1.82) is 0 Å². The van der Waals surface area contributed by atoms with Crippen LogP contribution < -0.4 is 15.5 Å². The molecule has 1 atom stereocenters. The second kappa shape index (κ2) is 11.1. The van der Waals surface area contributed by atoms with E-state index in [1.54, 1.807) is 37.3 Å². The monoisotopic (exact) mass is 431 g/mol. The number of benzene rings is 1. The molecular weight excluding hydrogens is 406 g/mol. The Morgan fingerprint density at radius 1 is 1.38 bits per heavy atom. The number of aromatic nitrogens is 2. The molecule has 0 amide bonds. The Kier molecular flexibility index (Phi) is 8.21. The zero-order valence-electron chi connectivity index (χ0n) is 16.6. The second-order valence-corrected chi connectivity index (χ2v) is 7.85. The first-order valence-electron chi connectivity index (χ1n) is 9.42. The summed E-state index contributed by atoms with van der Waals surface area (Å²) in [5, 5.41) is 8.78. The highest BCUT2D eigenvalue weighted by atomic mass is 32.2. The summed E-state index contributed by atoms with van der Waals surface area (Å²) < 4.78 is 11.1. The minimum atomic E-state index is 0.232. The van der Waals surface area contributed by atoms with E-state index in [4.69, 9.17) is 21.7 Å². The summed E-state index contributed by atoms with van der Waals surface area (Å²) in [7, 11) is 1.67. The summed E-state index contributed by atoms with van der Waals surface area (Å²) in [5.41, 5.74) is 5.78. The zero-order valence-corrected chi connectivity index (χ0v) is 18.2. The van der Waals surface area contributed by atoms with Crippen molar-refractivity contribution in [3.8, 4) is 5.75 Å². The molecule has 7 nitrogen and oxygen atoms in total. The van der Waals surface area contributed by atoms with Gasteiger partial charge in [-0.25, -0.2) is 9.97 Å². The van der Waals surface area contributed by atoms with Gasteiger partial charge in [-0.3, -0.25) is 5.43 Å². The van der Waals surface area contributed by atoms with E-state index in [0.29, 0.717) is 17.4 Å². The third-order valence-corrected chi connectivity index (χ3v) is 5.60. The van der Waals surface area contributed by atoms with Gasteiger partial charge in [-0.05, 0) is 61.8 Å².